The van der Waals surface area contributed by atoms with Crippen molar-refractivity contribution < 1.29 is 9.53 Å². The lowest BCUT2D eigenvalue weighted by atomic mass is 10.2. The van der Waals surface area contributed by atoms with E-state index in [-0.39, 0.29) is 11.8 Å². The highest BCUT2D eigenvalue weighted by atomic mass is 35.5. The number of benzene rings is 1. The molecule has 2 aromatic heterocycles. The maximum Gasteiger partial charge on any atom is 0.265 e. The maximum absolute atomic E-state index is 13.0. The molecule has 0 bridgehead atoms. The van der Waals surface area contributed by atoms with E-state index in [2.05, 4.69) is 16.5 Å². The van der Waals surface area contributed by atoms with Gasteiger partial charge >= 0.3 is 0 Å². The highest BCUT2D eigenvalue weighted by Crippen LogP contribution is 2.32. The predicted molar refractivity (Wildman–Crippen MR) is 110 cm³/mol. The van der Waals surface area contributed by atoms with Gasteiger partial charge in [-0.05, 0) is 24.3 Å². The Balaban J connectivity index is 1.96. The van der Waals surface area contributed by atoms with Crippen molar-refractivity contribution >= 4 is 45.6 Å². The lowest BCUT2D eigenvalue weighted by molar-refractivity contribution is 0.0986. The highest BCUT2D eigenvalue weighted by Gasteiger charge is 2.23. The number of anilines is 1. The summed E-state index contributed by atoms with van der Waals surface area (Å²) in [6.45, 7) is 4.03. The summed E-state index contributed by atoms with van der Waals surface area (Å²) in [6, 6.07) is 8.64. The zero-order chi connectivity index (χ0) is 19.4. The first-order valence-electron chi connectivity index (χ1n) is 7.88. The van der Waals surface area contributed by atoms with Gasteiger partial charge in [-0.2, -0.15) is 0 Å². The minimum atomic E-state index is -0.269. The van der Waals surface area contributed by atoms with E-state index >= 15 is 0 Å². The summed E-state index contributed by atoms with van der Waals surface area (Å²) in [5.74, 6) is -0.00675. The van der Waals surface area contributed by atoms with Gasteiger partial charge in [-0.3, -0.25) is 9.69 Å². The molecule has 1 aromatic carbocycles. The van der Waals surface area contributed by atoms with E-state index in [1.54, 1.807) is 36.5 Å². The van der Waals surface area contributed by atoms with Gasteiger partial charge in [-0.1, -0.05) is 35.3 Å². The van der Waals surface area contributed by atoms with Crippen LogP contribution in [0.1, 0.15) is 10.4 Å². The van der Waals surface area contributed by atoms with Crippen molar-refractivity contribution in [1.82, 2.24) is 9.97 Å². The Hall–Kier alpha value is -2.41. The van der Waals surface area contributed by atoms with Gasteiger partial charge in [0.25, 0.3) is 5.91 Å². The molecule has 0 radical (unpaired) electrons. The number of carbonyl (C=O) groups is 1. The summed E-state index contributed by atoms with van der Waals surface area (Å²) < 4.78 is 5.20. The lowest BCUT2D eigenvalue weighted by Gasteiger charge is -2.18. The molecule has 0 saturated carbocycles. The Morgan fingerprint density at radius 2 is 2.15 bits per heavy atom. The normalized spacial score (nSPS) is 10.5. The van der Waals surface area contributed by atoms with Gasteiger partial charge in [-0.25, -0.2) is 9.97 Å². The summed E-state index contributed by atoms with van der Waals surface area (Å²) >= 11 is 13.4. The summed E-state index contributed by atoms with van der Waals surface area (Å²) in [5.41, 5.74) is 1.87. The second-order valence-electron chi connectivity index (χ2n) is 5.41. The molecule has 0 atom stereocenters. The van der Waals surface area contributed by atoms with Crippen LogP contribution in [-0.4, -0.2) is 29.5 Å². The third-order valence-corrected chi connectivity index (χ3v) is 5.29. The molecule has 3 aromatic rings. The molecule has 0 unspecified atom stereocenters. The van der Waals surface area contributed by atoms with Crippen LogP contribution in [0.2, 0.25) is 10.0 Å². The number of hydrogen-bond acceptors (Lipinski definition) is 5. The standard InChI is InChI=1S/C19H15Cl2N3O2S/c1-3-9-24(18(25)13-5-4-8-22-17(13)26-2)19-23-16(11-27-19)12-6-7-14(20)15(21)10-12/h3-8,10-11H,1,9H2,2H3. The number of hydrogen-bond donors (Lipinski definition) is 0. The number of thiazole rings is 1. The van der Waals surface area contributed by atoms with Gasteiger partial charge < -0.3 is 4.74 Å². The van der Waals surface area contributed by atoms with Gasteiger partial charge in [0.05, 0.1) is 22.8 Å². The first kappa shape index (κ1) is 19.4. The van der Waals surface area contributed by atoms with Crippen LogP contribution in [0.15, 0.2) is 54.6 Å². The number of ether oxygens (including phenoxy) is 1. The average Bonchev–Trinajstić information content (AvgIpc) is 3.17. The summed E-state index contributed by atoms with van der Waals surface area (Å²) in [5, 5.41) is 3.32. The zero-order valence-electron chi connectivity index (χ0n) is 14.4. The second-order valence-corrected chi connectivity index (χ2v) is 7.06. The van der Waals surface area contributed by atoms with Crippen molar-refractivity contribution in [2.24, 2.45) is 0 Å². The Kier molecular flexibility index (Phi) is 6.11. The monoisotopic (exact) mass is 419 g/mol. The number of aromatic nitrogens is 2. The third kappa shape index (κ3) is 4.13. The topological polar surface area (TPSA) is 55.3 Å². The Morgan fingerprint density at radius 1 is 1.33 bits per heavy atom. The van der Waals surface area contributed by atoms with E-state index < -0.39 is 0 Å². The Labute approximate surface area is 170 Å². The van der Waals surface area contributed by atoms with E-state index in [0.717, 1.165) is 5.56 Å². The molecule has 0 fully saturated rings. The first-order valence-corrected chi connectivity index (χ1v) is 9.51. The lowest BCUT2D eigenvalue weighted by Crippen LogP contribution is -2.31. The van der Waals surface area contributed by atoms with Crippen LogP contribution in [0.5, 0.6) is 5.88 Å². The van der Waals surface area contributed by atoms with Crippen LogP contribution in [0.3, 0.4) is 0 Å². The average molecular weight is 420 g/mol. The minimum absolute atomic E-state index is 0.262. The van der Waals surface area contributed by atoms with Crippen LogP contribution < -0.4 is 9.64 Å². The molecule has 0 aliphatic heterocycles. The number of pyridine rings is 1. The van der Waals surface area contributed by atoms with Gasteiger partial charge in [0.2, 0.25) is 5.88 Å². The third-order valence-electron chi connectivity index (χ3n) is 3.69. The van der Waals surface area contributed by atoms with E-state index in [4.69, 9.17) is 27.9 Å². The number of carbonyl (C=O) groups excluding carboxylic acids is 1. The van der Waals surface area contributed by atoms with Crippen molar-refractivity contribution in [3.05, 3.63) is 70.2 Å². The van der Waals surface area contributed by atoms with Gasteiger partial charge in [0.1, 0.15) is 5.56 Å². The molecule has 2 heterocycles. The molecule has 5 nitrogen and oxygen atoms in total. The molecule has 0 aliphatic carbocycles. The molecule has 8 heteroatoms. The van der Waals surface area contributed by atoms with Crippen LogP contribution in [0.4, 0.5) is 5.13 Å². The number of rotatable bonds is 6. The predicted octanol–water partition coefficient (Wildman–Crippen LogP) is 5.35. The smallest absolute Gasteiger partial charge is 0.265 e. The summed E-state index contributed by atoms with van der Waals surface area (Å²) in [4.78, 5) is 23.2. The van der Waals surface area contributed by atoms with Gasteiger partial charge in [0, 0.05) is 23.7 Å². The fourth-order valence-electron chi connectivity index (χ4n) is 2.41. The van der Waals surface area contributed by atoms with Crippen molar-refractivity contribution in [2.45, 2.75) is 0 Å². The Morgan fingerprint density at radius 3 is 2.85 bits per heavy atom. The molecule has 0 saturated heterocycles. The zero-order valence-corrected chi connectivity index (χ0v) is 16.7. The van der Waals surface area contributed by atoms with E-state index in [1.807, 2.05) is 11.4 Å². The van der Waals surface area contributed by atoms with Crippen molar-refractivity contribution in [1.29, 1.82) is 0 Å². The van der Waals surface area contributed by atoms with Crippen LogP contribution in [0, 0.1) is 0 Å². The first-order chi connectivity index (χ1) is 13.0. The maximum atomic E-state index is 13.0. The fraction of sp³-hybridized carbons (Fsp3) is 0.105. The largest absolute Gasteiger partial charge is 0.480 e. The van der Waals surface area contributed by atoms with E-state index in [0.29, 0.717) is 33.0 Å². The molecule has 0 N–H and O–H groups in total. The summed E-state index contributed by atoms with van der Waals surface area (Å²) in [6.07, 6.45) is 3.21. The molecular formula is C19H15Cl2N3O2S. The van der Waals surface area contributed by atoms with Crippen molar-refractivity contribution in [2.75, 3.05) is 18.6 Å². The molecule has 138 valence electrons. The van der Waals surface area contributed by atoms with Crippen molar-refractivity contribution in [3.8, 4) is 17.1 Å². The molecular weight excluding hydrogens is 405 g/mol. The van der Waals surface area contributed by atoms with Crippen LogP contribution in [-0.2, 0) is 0 Å². The van der Waals surface area contributed by atoms with Crippen molar-refractivity contribution in [3.63, 3.8) is 0 Å². The van der Waals surface area contributed by atoms with Gasteiger partial charge in [0.15, 0.2) is 5.13 Å². The quantitative estimate of drug-likeness (QED) is 0.505. The van der Waals surface area contributed by atoms with Crippen LogP contribution >= 0.6 is 34.5 Å². The minimum Gasteiger partial charge on any atom is -0.480 e. The Bertz CT molecular complexity index is 991. The highest BCUT2D eigenvalue weighted by molar-refractivity contribution is 7.14. The second kappa shape index (κ2) is 8.52. The molecule has 3 rings (SSSR count). The fourth-order valence-corrected chi connectivity index (χ4v) is 3.55. The number of nitrogens with zero attached hydrogens (tertiary/aromatic N) is 3. The number of halogens is 2. The molecule has 27 heavy (non-hydrogen) atoms. The number of methoxy groups -OCH3 is 1. The molecule has 0 spiro atoms. The SMILES string of the molecule is C=CCN(C(=O)c1cccnc1OC)c1nc(-c2ccc(Cl)c(Cl)c2)cs1. The van der Waals surface area contributed by atoms with E-state index in [1.165, 1.54) is 23.3 Å². The van der Waals surface area contributed by atoms with Gasteiger partial charge in [-0.15, -0.1) is 17.9 Å². The van der Waals surface area contributed by atoms with Crippen LogP contribution in [0.25, 0.3) is 11.3 Å². The van der Waals surface area contributed by atoms with E-state index in [9.17, 15) is 4.79 Å². The molecule has 0 aliphatic rings. The molecule has 1 amide bonds. The number of amides is 1. The summed E-state index contributed by atoms with van der Waals surface area (Å²) in [7, 11) is 1.47.